The first kappa shape index (κ1) is 26.7. The molecule has 3 aromatic rings. The van der Waals surface area contributed by atoms with Crippen LogP contribution in [0.3, 0.4) is 0 Å². The number of carbonyl (C=O) groups is 2. The highest BCUT2D eigenvalue weighted by Crippen LogP contribution is 2.35. The molecule has 196 valence electrons. The molecule has 4 rings (SSSR count). The molecule has 0 unspecified atom stereocenters. The van der Waals surface area contributed by atoms with Crippen LogP contribution in [0.4, 0.5) is 10.5 Å². The average Bonchev–Trinajstić information content (AvgIpc) is 3.17. The van der Waals surface area contributed by atoms with Crippen LogP contribution >= 0.6 is 11.8 Å². The molecule has 0 aliphatic carbocycles. The van der Waals surface area contributed by atoms with E-state index in [-0.39, 0.29) is 36.6 Å². The second-order valence-corrected chi connectivity index (χ2v) is 9.34. The maximum absolute atomic E-state index is 12.9. The van der Waals surface area contributed by atoms with Gasteiger partial charge in [-0.1, -0.05) is 23.8 Å². The Kier molecular flexibility index (Phi) is 8.65. The van der Waals surface area contributed by atoms with Crippen molar-refractivity contribution in [3.63, 3.8) is 0 Å². The number of benzene rings is 3. The Morgan fingerprint density at radius 2 is 1.68 bits per heavy atom. The third-order valence-corrected chi connectivity index (χ3v) is 6.49. The van der Waals surface area contributed by atoms with Gasteiger partial charge in [-0.2, -0.15) is 0 Å². The zero-order chi connectivity index (χ0) is 27.1. The van der Waals surface area contributed by atoms with Gasteiger partial charge in [-0.15, -0.1) is 0 Å². The second-order valence-electron chi connectivity index (χ2n) is 8.35. The van der Waals surface area contributed by atoms with E-state index in [1.165, 1.54) is 17.0 Å². The van der Waals surface area contributed by atoms with Crippen LogP contribution in [0.25, 0.3) is 6.08 Å². The van der Waals surface area contributed by atoms with Crippen LogP contribution in [-0.4, -0.2) is 40.7 Å². The minimum Gasteiger partial charge on any atom is -0.492 e. The predicted octanol–water partition coefficient (Wildman–Crippen LogP) is 6.00. The molecule has 1 saturated heterocycles. The fourth-order valence-corrected chi connectivity index (χ4v) is 4.48. The molecule has 10 heteroatoms. The quantitative estimate of drug-likeness (QED) is 0.168. The third-order valence-electron chi connectivity index (χ3n) is 5.59. The summed E-state index contributed by atoms with van der Waals surface area (Å²) in [4.78, 5) is 37.2. The minimum absolute atomic E-state index is 0.0105. The molecule has 38 heavy (non-hydrogen) atoms. The zero-order valence-corrected chi connectivity index (χ0v) is 21.7. The normalized spacial score (nSPS) is 14.2. The minimum atomic E-state index is -0.454. The molecule has 0 spiro atoms. The predicted molar refractivity (Wildman–Crippen MR) is 144 cm³/mol. The lowest BCUT2D eigenvalue weighted by atomic mass is 10.1. The van der Waals surface area contributed by atoms with Crippen molar-refractivity contribution in [2.45, 2.75) is 20.5 Å². The van der Waals surface area contributed by atoms with Gasteiger partial charge in [-0.05, 0) is 79.2 Å². The van der Waals surface area contributed by atoms with E-state index in [1.807, 2.05) is 38.1 Å². The summed E-state index contributed by atoms with van der Waals surface area (Å²) in [7, 11) is 0. The van der Waals surface area contributed by atoms with Crippen LogP contribution in [0, 0.1) is 17.0 Å². The maximum Gasteiger partial charge on any atom is 0.293 e. The van der Waals surface area contributed by atoms with Crippen LogP contribution in [-0.2, 0) is 11.4 Å². The van der Waals surface area contributed by atoms with Gasteiger partial charge in [0.1, 0.15) is 19.0 Å². The number of carbonyl (C=O) groups excluding carboxylic acids is 2. The van der Waals surface area contributed by atoms with Crippen molar-refractivity contribution < 1.29 is 28.7 Å². The number of rotatable bonds is 11. The second kappa shape index (κ2) is 12.3. The first-order valence-corrected chi connectivity index (χ1v) is 12.7. The molecule has 1 fully saturated rings. The number of thioether (sulfide) groups is 1. The SMILES string of the molecule is CCOc1cc(/C=C2\SC(=O)N(CCOc3ccc(C)cc3)C2=O)ccc1OCc1ccc([N+](=O)[O-])cc1. The summed E-state index contributed by atoms with van der Waals surface area (Å²) < 4.78 is 17.3. The molecule has 0 atom stereocenters. The van der Waals surface area contributed by atoms with E-state index in [0.29, 0.717) is 34.3 Å². The molecule has 1 aliphatic rings. The molecular weight excluding hydrogens is 508 g/mol. The molecule has 9 nitrogen and oxygen atoms in total. The fraction of sp³-hybridized carbons (Fsp3) is 0.214. The van der Waals surface area contributed by atoms with Crippen LogP contribution in [0.15, 0.2) is 71.6 Å². The molecular formula is C28H26N2O7S. The van der Waals surface area contributed by atoms with Crippen LogP contribution < -0.4 is 14.2 Å². The molecule has 0 aromatic heterocycles. The Balaban J connectivity index is 1.40. The number of hydrogen-bond donors (Lipinski definition) is 0. The molecule has 2 amide bonds. The zero-order valence-electron chi connectivity index (χ0n) is 20.9. The summed E-state index contributed by atoms with van der Waals surface area (Å²) in [6, 6.07) is 18.9. The number of hydrogen-bond acceptors (Lipinski definition) is 8. The lowest BCUT2D eigenvalue weighted by molar-refractivity contribution is -0.384. The van der Waals surface area contributed by atoms with Gasteiger partial charge in [0.25, 0.3) is 16.8 Å². The van der Waals surface area contributed by atoms with E-state index in [1.54, 1.807) is 36.4 Å². The van der Waals surface area contributed by atoms with Gasteiger partial charge >= 0.3 is 0 Å². The smallest absolute Gasteiger partial charge is 0.293 e. The Labute approximate surface area is 224 Å². The van der Waals surface area contributed by atoms with Crippen molar-refractivity contribution in [2.24, 2.45) is 0 Å². The maximum atomic E-state index is 12.9. The number of imide groups is 1. The summed E-state index contributed by atoms with van der Waals surface area (Å²) in [6.45, 7) is 4.77. The van der Waals surface area contributed by atoms with E-state index in [9.17, 15) is 19.7 Å². The van der Waals surface area contributed by atoms with Gasteiger partial charge in [0.2, 0.25) is 0 Å². The lowest BCUT2D eigenvalue weighted by Crippen LogP contribution is -2.32. The molecule has 1 heterocycles. The summed E-state index contributed by atoms with van der Waals surface area (Å²) >= 11 is 0.882. The Hall–Kier alpha value is -4.31. The number of aryl methyl sites for hydroxylation is 1. The van der Waals surface area contributed by atoms with Gasteiger partial charge in [0, 0.05) is 12.1 Å². The van der Waals surface area contributed by atoms with E-state index in [2.05, 4.69) is 0 Å². The van der Waals surface area contributed by atoms with Crippen molar-refractivity contribution in [1.82, 2.24) is 4.90 Å². The first-order chi connectivity index (χ1) is 18.3. The lowest BCUT2D eigenvalue weighted by Gasteiger charge is -2.13. The average molecular weight is 535 g/mol. The van der Waals surface area contributed by atoms with Crippen LogP contribution in [0.5, 0.6) is 17.2 Å². The van der Waals surface area contributed by atoms with Gasteiger partial charge in [0.05, 0.1) is 23.0 Å². The molecule has 0 N–H and O–H groups in total. The molecule has 0 bridgehead atoms. The number of ether oxygens (including phenoxy) is 3. The third kappa shape index (κ3) is 6.71. The number of nitro benzene ring substituents is 1. The number of amides is 2. The summed E-state index contributed by atoms with van der Waals surface area (Å²) in [5, 5.41) is 10.5. The van der Waals surface area contributed by atoms with Crippen molar-refractivity contribution in [2.75, 3.05) is 19.8 Å². The summed E-state index contributed by atoms with van der Waals surface area (Å²) in [5.41, 5.74) is 2.57. The standard InChI is InChI=1S/C28H26N2O7S/c1-3-35-25-16-21(8-13-24(25)37-18-20-6-9-22(10-7-20)30(33)34)17-26-27(31)29(28(32)38-26)14-15-36-23-11-4-19(2)5-12-23/h4-13,16-17H,3,14-15,18H2,1-2H3/b26-17-. The molecule has 0 saturated carbocycles. The first-order valence-electron chi connectivity index (χ1n) is 11.9. The number of nitro groups is 1. The van der Waals surface area contributed by atoms with Gasteiger partial charge in [0.15, 0.2) is 11.5 Å². The van der Waals surface area contributed by atoms with Gasteiger partial charge in [-0.3, -0.25) is 24.6 Å². The summed E-state index contributed by atoms with van der Waals surface area (Å²) in [5.74, 6) is 1.28. The highest BCUT2D eigenvalue weighted by Gasteiger charge is 2.34. The van der Waals surface area contributed by atoms with Crippen LogP contribution in [0.2, 0.25) is 0 Å². The number of non-ortho nitro benzene ring substituents is 1. The van der Waals surface area contributed by atoms with Crippen LogP contribution in [0.1, 0.15) is 23.6 Å². The van der Waals surface area contributed by atoms with E-state index < -0.39 is 4.92 Å². The largest absolute Gasteiger partial charge is 0.492 e. The highest BCUT2D eigenvalue weighted by atomic mass is 32.2. The van der Waals surface area contributed by atoms with Crippen molar-refractivity contribution >= 4 is 34.7 Å². The van der Waals surface area contributed by atoms with Gasteiger partial charge in [-0.25, -0.2) is 0 Å². The van der Waals surface area contributed by atoms with Crippen molar-refractivity contribution in [1.29, 1.82) is 0 Å². The fourth-order valence-electron chi connectivity index (χ4n) is 3.61. The molecule has 3 aromatic carbocycles. The molecule has 0 radical (unpaired) electrons. The van der Waals surface area contributed by atoms with E-state index >= 15 is 0 Å². The monoisotopic (exact) mass is 534 g/mol. The Morgan fingerprint density at radius 1 is 0.947 bits per heavy atom. The van der Waals surface area contributed by atoms with Crippen molar-refractivity contribution in [3.05, 3.63) is 98.4 Å². The highest BCUT2D eigenvalue weighted by molar-refractivity contribution is 8.18. The molecule has 1 aliphatic heterocycles. The van der Waals surface area contributed by atoms with E-state index in [4.69, 9.17) is 14.2 Å². The Morgan fingerprint density at radius 3 is 2.37 bits per heavy atom. The summed E-state index contributed by atoms with van der Waals surface area (Å²) in [6.07, 6.45) is 1.65. The topological polar surface area (TPSA) is 108 Å². The van der Waals surface area contributed by atoms with Crippen molar-refractivity contribution in [3.8, 4) is 17.2 Å². The van der Waals surface area contributed by atoms with E-state index in [0.717, 1.165) is 22.9 Å². The number of nitrogens with zero attached hydrogens (tertiary/aromatic N) is 2. The Bertz CT molecular complexity index is 1350. The van der Waals surface area contributed by atoms with Gasteiger partial charge < -0.3 is 14.2 Å².